The number of ether oxygens (including phenoxy) is 1. The van der Waals surface area contributed by atoms with E-state index in [0.29, 0.717) is 28.4 Å². The molecule has 0 aliphatic carbocycles. The number of anilines is 1. The second-order valence-corrected chi connectivity index (χ2v) is 10.9. The molecule has 39 heavy (non-hydrogen) atoms. The Balaban J connectivity index is 1.72. The second kappa shape index (κ2) is 12.2. The highest BCUT2D eigenvalue weighted by Gasteiger charge is 2.34. The van der Waals surface area contributed by atoms with Crippen LogP contribution in [0.2, 0.25) is 0 Å². The average Bonchev–Trinajstić information content (AvgIpc) is 3.41. The van der Waals surface area contributed by atoms with E-state index in [1.165, 1.54) is 24.1 Å². The van der Waals surface area contributed by atoms with Gasteiger partial charge in [-0.15, -0.1) is 0 Å². The fourth-order valence-corrected chi connectivity index (χ4v) is 4.80. The van der Waals surface area contributed by atoms with Gasteiger partial charge in [0.15, 0.2) is 0 Å². The predicted octanol–water partition coefficient (Wildman–Crippen LogP) is 5.73. The third-order valence-corrected chi connectivity index (χ3v) is 7.01. The van der Waals surface area contributed by atoms with Crippen molar-refractivity contribution in [1.82, 2.24) is 14.7 Å². The van der Waals surface area contributed by atoms with Crippen molar-refractivity contribution in [2.24, 2.45) is 0 Å². The van der Waals surface area contributed by atoms with Crippen molar-refractivity contribution in [1.29, 1.82) is 0 Å². The monoisotopic (exact) mass is 546 g/mol. The van der Waals surface area contributed by atoms with E-state index in [-0.39, 0.29) is 23.7 Å². The number of carbonyl (C=O) groups is 2. The largest absolute Gasteiger partial charge is 0.480 e. The summed E-state index contributed by atoms with van der Waals surface area (Å²) in [6.45, 7) is 6.59. The normalized spacial score (nSPS) is 12.0. The van der Waals surface area contributed by atoms with Crippen LogP contribution in [0.15, 0.2) is 79.1 Å². The minimum Gasteiger partial charge on any atom is -0.480 e. The summed E-state index contributed by atoms with van der Waals surface area (Å²) in [6, 6.07) is 17.9. The molecule has 0 bridgehead atoms. The van der Waals surface area contributed by atoms with Crippen molar-refractivity contribution in [3.63, 3.8) is 0 Å². The van der Waals surface area contributed by atoms with Crippen LogP contribution >= 0.6 is 11.5 Å². The Hall–Kier alpha value is -4.11. The summed E-state index contributed by atoms with van der Waals surface area (Å²) < 4.78 is 23.0. The van der Waals surface area contributed by atoms with Crippen LogP contribution in [0.4, 0.5) is 10.1 Å². The molecule has 2 heterocycles. The van der Waals surface area contributed by atoms with Gasteiger partial charge in [-0.2, -0.15) is 4.37 Å². The highest BCUT2D eigenvalue weighted by Crippen LogP contribution is 2.33. The summed E-state index contributed by atoms with van der Waals surface area (Å²) in [6.07, 6.45) is 3.62. The van der Waals surface area contributed by atoms with Gasteiger partial charge in [-0.3, -0.25) is 19.5 Å². The molecule has 0 aliphatic heterocycles. The fraction of sp³-hybridized carbons (Fsp3) is 0.267. The Kier molecular flexibility index (Phi) is 8.71. The Morgan fingerprint density at radius 2 is 1.85 bits per heavy atom. The number of pyridine rings is 1. The van der Waals surface area contributed by atoms with Crippen molar-refractivity contribution in [2.45, 2.75) is 38.6 Å². The lowest BCUT2D eigenvalue weighted by Gasteiger charge is -2.31. The number of hydrogen-bond donors (Lipinski definition) is 1. The van der Waals surface area contributed by atoms with Gasteiger partial charge in [-0.25, -0.2) is 4.39 Å². The van der Waals surface area contributed by atoms with Crippen LogP contribution < -0.4 is 15.0 Å². The number of methoxy groups -OCH3 is 1. The Bertz CT molecular complexity index is 1420. The molecule has 202 valence electrons. The van der Waals surface area contributed by atoms with E-state index in [1.807, 2.05) is 24.3 Å². The van der Waals surface area contributed by atoms with Gasteiger partial charge in [-0.05, 0) is 64.8 Å². The molecule has 0 aliphatic rings. The molecule has 1 unspecified atom stereocenters. The average molecular weight is 547 g/mol. The molecular formula is C30H31FN4O3S. The molecule has 0 saturated heterocycles. The number of rotatable bonds is 9. The smallest absolute Gasteiger partial charge is 0.271 e. The topological polar surface area (TPSA) is 84.4 Å². The number of halogens is 1. The van der Waals surface area contributed by atoms with E-state index in [0.717, 1.165) is 22.7 Å². The quantitative estimate of drug-likeness (QED) is 0.290. The van der Waals surface area contributed by atoms with Gasteiger partial charge < -0.3 is 10.1 Å². The highest BCUT2D eigenvalue weighted by atomic mass is 32.1. The molecule has 4 aromatic rings. The van der Waals surface area contributed by atoms with Gasteiger partial charge in [0.2, 0.25) is 11.8 Å². The van der Waals surface area contributed by atoms with Crippen molar-refractivity contribution in [3.05, 3.63) is 107 Å². The maximum Gasteiger partial charge on any atom is 0.271 e. The summed E-state index contributed by atoms with van der Waals surface area (Å²) in [5, 5.41) is 2.94. The van der Waals surface area contributed by atoms with Crippen molar-refractivity contribution in [3.8, 4) is 5.88 Å². The van der Waals surface area contributed by atoms with E-state index in [2.05, 4.69) is 35.4 Å². The molecule has 9 heteroatoms. The maximum absolute atomic E-state index is 14.0. The number of amides is 2. The third-order valence-electron chi connectivity index (χ3n) is 6.25. The molecule has 1 N–H and O–H groups in total. The molecule has 0 fully saturated rings. The number of aromatic nitrogens is 2. The zero-order chi connectivity index (χ0) is 28.0. The standard InChI is InChI=1S/C30H31FN4O3S/c1-30(2,3)22-10-12-24(13-11-22)35(29(37)25-18-26(38-4)34-39-25)27(21-8-6-15-32-19-21)28(36)33-16-14-20-7-5-9-23(31)17-20/h5-13,15,17-19,27H,14,16H2,1-4H3,(H,33,36). The summed E-state index contributed by atoms with van der Waals surface area (Å²) in [5.41, 5.74) is 2.86. The van der Waals surface area contributed by atoms with Gasteiger partial charge in [0.25, 0.3) is 5.91 Å². The first kappa shape index (κ1) is 27.9. The number of benzene rings is 2. The molecule has 2 aromatic carbocycles. The minimum absolute atomic E-state index is 0.0879. The van der Waals surface area contributed by atoms with Gasteiger partial charge in [0.1, 0.15) is 16.7 Å². The highest BCUT2D eigenvalue weighted by molar-refractivity contribution is 7.08. The lowest BCUT2D eigenvalue weighted by Crippen LogP contribution is -2.44. The number of carbonyl (C=O) groups excluding carboxylic acids is 2. The zero-order valence-corrected chi connectivity index (χ0v) is 23.2. The maximum atomic E-state index is 14.0. The minimum atomic E-state index is -1.02. The van der Waals surface area contributed by atoms with Gasteiger partial charge in [0.05, 0.1) is 7.11 Å². The Labute approximate surface area is 231 Å². The lowest BCUT2D eigenvalue weighted by atomic mass is 9.87. The molecule has 2 aromatic heterocycles. The van der Waals surface area contributed by atoms with Crippen LogP contribution in [0.5, 0.6) is 5.88 Å². The summed E-state index contributed by atoms with van der Waals surface area (Å²) in [4.78, 5) is 33.8. The Morgan fingerprint density at radius 3 is 2.46 bits per heavy atom. The molecule has 0 saturated carbocycles. The van der Waals surface area contributed by atoms with Gasteiger partial charge in [0, 0.05) is 36.3 Å². The fourth-order valence-electron chi connectivity index (χ4n) is 4.15. The van der Waals surface area contributed by atoms with Gasteiger partial charge in [-0.1, -0.05) is 51.1 Å². The van der Waals surface area contributed by atoms with E-state index in [4.69, 9.17) is 4.74 Å². The predicted molar refractivity (Wildman–Crippen MR) is 151 cm³/mol. The van der Waals surface area contributed by atoms with Crippen molar-refractivity contribution in [2.75, 3.05) is 18.6 Å². The SMILES string of the molecule is COc1cc(C(=O)N(c2ccc(C(C)(C)C)cc2)C(C(=O)NCCc2cccc(F)c2)c2cccnc2)sn1. The summed E-state index contributed by atoms with van der Waals surface area (Å²) in [7, 11) is 1.48. The van der Waals surface area contributed by atoms with Crippen LogP contribution in [0, 0.1) is 5.82 Å². The molecule has 0 radical (unpaired) electrons. The second-order valence-electron chi connectivity index (χ2n) is 10.1. The lowest BCUT2D eigenvalue weighted by molar-refractivity contribution is -0.122. The van der Waals surface area contributed by atoms with Crippen molar-refractivity contribution >= 4 is 29.0 Å². The molecule has 2 amide bonds. The molecule has 4 rings (SSSR count). The van der Waals surface area contributed by atoms with E-state index in [1.54, 1.807) is 42.7 Å². The Morgan fingerprint density at radius 1 is 1.08 bits per heavy atom. The molecular weight excluding hydrogens is 515 g/mol. The number of nitrogens with zero attached hydrogens (tertiary/aromatic N) is 3. The van der Waals surface area contributed by atoms with Gasteiger partial charge >= 0.3 is 0 Å². The molecule has 0 spiro atoms. The number of nitrogens with one attached hydrogen (secondary N) is 1. The first-order chi connectivity index (χ1) is 18.7. The first-order valence-corrected chi connectivity index (χ1v) is 13.3. The van der Waals surface area contributed by atoms with Crippen LogP contribution in [0.1, 0.15) is 53.2 Å². The molecule has 1 atom stereocenters. The van der Waals surface area contributed by atoms with Crippen LogP contribution in [0.3, 0.4) is 0 Å². The van der Waals surface area contributed by atoms with Crippen LogP contribution in [0.25, 0.3) is 0 Å². The number of hydrogen-bond acceptors (Lipinski definition) is 6. The van der Waals surface area contributed by atoms with E-state index < -0.39 is 11.9 Å². The third kappa shape index (κ3) is 6.86. The van der Waals surface area contributed by atoms with Crippen molar-refractivity contribution < 1.29 is 18.7 Å². The molecule has 7 nitrogen and oxygen atoms in total. The van der Waals surface area contributed by atoms with Crippen LogP contribution in [-0.2, 0) is 16.6 Å². The first-order valence-electron chi connectivity index (χ1n) is 12.5. The van der Waals surface area contributed by atoms with E-state index >= 15 is 0 Å². The summed E-state index contributed by atoms with van der Waals surface area (Å²) in [5.74, 6) is -0.788. The van der Waals surface area contributed by atoms with Crippen LogP contribution in [-0.4, -0.2) is 34.8 Å². The van der Waals surface area contributed by atoms with E-state index in [9.17, 15) is 14.0 Å². The summed E-state index contributed by atoms with van der Waals surface area (Å²) >= 11 is 1.00. The zero-order valence-electron chi connectivity index (χ0n) is 22.3.